The Balaban J connectivity index is 1.94. The molecule has 0 spiro atoms. The fourth-order valence-electron chi connectivity index (χ4n) is 2.14. The van der Waals surface area contributed by atoms with Crippen molar-refractivity contribution in [3.8, 4) is 0 Å². The summed E-state index contributed by atoms with van der Waals surface area (Å²) in [6.07, 6.45) is 9.37. The molecule has 0 atom stereocenters. The predicted molar refractivity (Wildman–Crippen MR) is 59.5 cm³/mol. The highest BCUT2D eigenvalue weighted by molar-refractivity contribution is 6.27. The molecule has 82 valence electrons. The topological polar surface area (TPSA) is 29.1 Å². The molecule has 0 bridgehead atoms. The fourth-order valence-corrected chi connectivity index (χ4v) is 2.24. The molecule has 0 saturated heterocycles. The van der Waals surface area contributed by atoms with Gasteiger partial charge in [0.1, 0.15) is 5.88 Å². The SMILES string of the molecule is O=C(CCl)NCCCC1CCCCC1. The molecule has 0 heterocycles. The van der Waals surface area contributed by atoms with Gasteiger partial charge in [-0.15, -0.1) is 11.6 Å². The minimum absolute atomic E-state index is 0.0460. The van der Waals surface area contributed by atoms with Gasteiger partial charge in [-0.05, 0) is 18.8 Å². The summed E-state index contributed by atoms with van der Waals surface area (Å²) in [7, 11) is 0. The summed E-state index contributed by atoms with van der Waals surface area (Å²) in [5, 5.41) is 2.80. The Hall–Kier alpha value is -0.240. The highest BCUT2D eigenvalue weighted by Crippen LogP contribution is 2.26. The molecule has 3 heteroatoms. The molecule has 1 aliphatic carbocycles. The van der Waals surface area contributed by atoms with Crippen LogP contribution in [0, 0.1) is 5.92 Å². The molecule has 1 N–H and O–H groups in total. The lowest BCUT2D eigenvalue weighted by Crippen LogP contribution is -2.25. The molecule has 0 aromatic carbocycles. The summed E-state index contributed by atoms with van der Waals surface area (Å²) < 4.78 is 0. The number of carbonyl (C=O) groups is 1. The summed E-state index contributed by atoms with van der Waals surface area (Å²) in [4.78, 5) is 10.8. The third-order valence-corrected chi connectivity index (χ3v) is 3.20. The standard InChI is InChI=1S/C11H20ClNO/c12-9-11(14)13-8-4-7-10-5-2-1-3-6-10/h10H,1-9H2,(H,13,14). The Kier molecular flexibility index (Phi) is 6.00. The largest absolute Gasteiger partial charge is 0.355 e. The van der Waals surface area contributed by atoms with Gasteiger partial charge >= 0.3 is 0 Å². The second-order valence-electron chi connectivity index (χ2n) is 4.13. The van der Waals surface area contributed by atoms with Crippen molar-refractivity contribution in [2.24, 2.45) is 5.92 Å². The lowest BCUT2D eigenvalue weighted by molar-refractivity contribution is -0.118. The number of nitrogens with one attached hydrogen (secondary N) is 1. The molecule has 1 fully saturated rings. The van der Waals surface area contributed by atoms with Crippen molar-refractivity contribution in [3.63, 3.8) is 0 Å². The molecule has 1 saturated carbocycles. The molecule has 1 rings (SSSR count). The van der Waals surface area contributed by atoms with E-state index in [0.717, 1.165) is 18.9 Å². The maximum absolute atomic E-state index is 10.8. The second kappa shape index (κ2) is 7.10. The van der Waals surface area contributed by atoms with E-state index in [0.29, 0.717) is 0 Å². The average Bonchev–Trinajstić information content (AvgIpc) is 2.25. The first-order valence-electron chi connectivity index (χ1n) is 5.65. The lowest BCUT2D eigenvalue weighted by Gasteiger charge is -2.21. The van der Waals surface area contributed by atoms with E-state index in [1.807, 2.05) is 0 Å². The van der Waals surface area contributed by atoms with E-state index in [1.54, 1.807) is 0 Å². The summed E-state index contributed by atoms with van der Waals surface area (Å²) in [6, 6.07) is 0. The Morgan fingerprint density at radius 3 is 2.64 bits per heavy atom. The van der Waals surface area contributed by atoms with Crippen LogP contribution in [0.1, 0.15) is 44.9 Å². The zero-order chi connectivity index (χ0) is 10.2. The predicted octanol–water partition coefficient (Wildman–Crippen LogP) is 2.70. The lowest BCUT2D eigenvalue weighted by atomic mass is 9.86. The number of carbonyl (C=O) groups excluding carboxylic acids is 1. The van der Waals surface area contributed by atoms with Gasteiger partial charge in [-0.1, -0.05) is 32.1 Å². The quantitative estimate of drug-likeness (QED) is 0.557. The van der Waals surface area contributed by atoms with Crippen LogP contribution < -0.4 is 5.32 Å². The molecule has 0 aliphatic heterocycles. The van der Waals surface area contributed by atoms with Crippen molar-refractivity contribution >= 4 is 17.5 Å². The molecular formula is C11H20ClNO. The molecule has 14 heavy (non-hydrogen) atoms. The Labute approximate surface area is 91.4 Å². The van der Waals surface area contributed by atoms with Crippen molar-refractivity contribution < 1.29 is 4.79 Å². The van der Waals surface area contributed by atoms with Crippen molar-refractivity contribution in [1.29, 1.82) is 0 Å². The number of alkyl halides is 1. The van der Waals surface area contributed by atoms with Crippen molar-refractivity contribution in [1.82, 2.24) is 5.32 Å². The van der Waals surface area contributed by atoms with E-state index in [9.17, 15) is 4.79 Å². The molecule has 0 unspecified atom stereocenters. The number of hydrogen-bond acceptors (Lipinski definition) is 1. The normalized spacial score (nSPS) is 18.1. The maximum atomic E-state index is 10.8. The number of hydrogen-bond donors (Lipinski definition) is 1. The van der Waals surface area contributed by atoms with Gasteiger partial charge in [0.05, 0.1) is 0 Å². The summed E-state index contributed by atoms with van der Waals surface area (Å²) >= 11 is 5.37. The fraction of sp³-hybridized carbons (Fsp3) is 0.909. The maximum Gasteiger partial charge on any atom is 0.234 e. The Morgan fingerprint density at radius 2 is 2.00 bits per heavy atom. The molecule has 1 aliphatic rings. The van der Waals surface area contributed by atoms with E-state index in [1.165, 1.54) is 38.5 Å². The van der Waals surface area contributed by atoms with Gasteiger partial charge in [-0.25, -0.2) is 0 Å². The minimum atomic E-state index is -0.0460. The van der Waals surface area contributed by atoms with Gasteiger partial charge in [-0.2, -0.15) is 0 Å². The van der Waals surface area contributed by atoms with Crippen LogP contribution in [0.3, 0.4) is 0 Å². The van der Waals surface area contributed by atoms with E-state index in [2.05, 4.69) is 5.32 Å². The molecule has 0 aromatic rings. The van der Waals surface area contributed by atoms with Crippen LogP contribution in [0.5, 0.6) is 0 Å². The third-order valence-electron chi connectivity index (χ3n) is 2.96. The first kappa shape index (κ1) is 11.8. The van der Waals surface area contributed by atoms with Gasteiger partial charge in [0.25, 0.3) is 0 Å². The van der Waals surface area contributed by atoms with Crippen LogP contribution in [0.15, 0.2) is 0 Å². The van der Waals surface area contributed by atoms with Crippen LogP contribution in [0.2, 0.25) is 0 Å². The summed E-state index contributed by atoms with van der Waals surface area (Å²) in [5.74, 6) is 0.954. The van der Waals surface area contributed by atoms with E-state index in [4.69, 9.17) is 11.6 Å². The van der Waals surface area contributed by atoms with Gasteiger partial charge in [0.2, 0.25) is 5.91 Å². The van der Waals surface area contributed by atoms with Crippen LogP contribution in [0.25, 0.3) is 0 Å². The van der Waals surface area contributed by atoms with Crippen molar-refractivity contribution in [3.05, 3.63) is 0 Å². The van der Waals surface area contributed by atoms with E-state index in [-0.39, 0.29) is 11.8 Å². The molecular weight excluding hydrogens is 198 g/mol. The average molecular weight is 218 g/mol. The highest BCUT2D eigenvalue weighted by Gasteiger charge is 2.12. The number of amides is 1. The molecule has 0 radical (unpaired) electrons. The van der Waals surface area contributed by atoms with Crippen molar-refractivity contribution in [2.75, 3.05) is 12.4 Å². The van der Waals surface area contributed by atoms with E-state index < -0.39 is 0 Å². The molecule has 2 nitrogen and oxygen atoms in total. The smallest absolute Gasteiger partial charge is 0.234 e. The number of halogens is 1. The van der Waals surface area contributed by atoms with Crippen LogP contribution in [-0.2, 0) is 4.79 Å². The summed E-state index contributed by atoms with van der Waals surface area (Å²) in [5.41, 5.74) is 0. The molecule has 1 amide bonds. The Morgan fingerprint density at radius 1 is 1.29 bits per heavy atom. The first-order chi connectivity index (χ1) is 6.83. The third kappa shape index (κ3) is 4.85. The van der Waals surface area contributed by atoms with Gasteiger partial charge < -0.3 is 5.32 Å². The van der Waals surface area contributed by atoms with E-state index >= 15 is 0 Å². The molecule has 0 aromatic heterocycles. The monoisotopic (exact) mass is 217 g/mol. The van der Waals surface area contributed by atoms with Crippen molar-refractivity contribution in [2.45, 2.75) is 44.9 Å². The van der Waals surface area contributed by atoms with Gasteiger partial charge in [0, 0.05) is 6.54 Å². The van der Waals surface area contributed by atoms with Crippen LogP contribution >= 0.6 is 11.6 Å². The highest BCUT2D eigenvalue weighted by atomic mass is 35.5. The van der Waals surface area contributed by atoms with Gasteiger partial charge in [-0.3, -0.25) is 4.79 Å². The zero-order valence-electron chi connectivity index (χ0n) is 8.73. The first-order valence-corrected chi connectivity index (χ1v) is 6.19. The summed E-state index contributed by atoms with van der Waals surface area (Å²) in [6.45, 7) is 0.794. The minimum Gasteiger partial charge on any atom is -0.355 e. The zero-order valence-corrected chi connectivity index (χ0v) is 9.48. The Bertz CT molecular complexity index is 167. The second-order valence-corrected chi connectivity index (χ2v) is 4.40. The number of rotatable bonds is 5. The van der Waals surface area contributed by atoms with Crippen LogP contribution in [0.4, 0.5) is 0 Å². The van der Waals surface area contributed by atoms with Gasteiger partial charge in [0.15, 0.2) is 0 Å². The van der Waals surface area contributed by atoms with Crippen LogP contribution in [-0.4, -0.2) is 18.3 Å².